The number of rotatable bonds is 9. The number of nitrogens with one attached hydrogen (secondary N) is 1. The molecule has 1 aromatic heterocycles. The highest BCUT2D eigenvalue weighted by Crippen LogP contribution is 2.34. The van der Waals surface area contributed by atoms with Crippen LogP contribution in [-0.2, 0) is 24.1 Å². The van der Waals surface area contributed by atoms with E-state index in [2.05, 4.69) is 14.1 Å². The molecular formula is C24H19ClFN4O3S2-. The molecule has 0 aliphatic heterocycles. The average Bonchev–Trinajstić information content (AvgIpc) is 3.28. The van der Waals surface area contributed by atoms with Gasteiger partial charge in [0.2, 0.25) is 0 Å². The van der Waals surface area contributed by atoms with Crippen LogP contribution in [0.5, 0.6) is 0 Å². The topological polar surface area (TPSA) is 98.2 Å². The minimum Gasteiger partial charge on any atom is -0.755 e. The van der Waals surface area contributed by atoms with Crippen molar-refractivity contribution in [3.8, 4) is 0 Å². The van der Waals surface area contributed by atoms with Crippen molar-refractivity contribution in [3.63, 3.8) is 0 Å². The van der Waals surface area contributed by atoms with Gasteiger partial charge in [-0.15, -0.1) is 0 Å². The van der Waals surface area contributed by atoms with E-state index in [4.69, 9.17) is 11.6 Å². The molecule has 35 heavy (non-hydrogen) atoms. The second-order valence-corrected chi connectivity index (χ2v) is 9.27. The monoisotopic (exact) mass is 529 g/mol. The fraction of sp³-hybridized carbons (Fsp3) is 0.125. The smallest absolute Gasteiger partial charge is 0.253 e. The van der Waals surface area contributed by atoms with E-state index in [1.807, 2.05) is 30.3 Å². The molecule has 1 amide bonds. The lowest BCUT2D eigenvalue weighted by Crippen LogP contribution is -2.29. The Labute approximate surface area is 213 Å². The molecule has 0 spiro atoms. The fourth-order valence-corrected chi connectivity index (χ4v) is 4.82. The predicted octanol–water partition coefficient (Wildman–Crippen LogP) is 4.83. The number of nitrogens with zero attached hydrogens (tertiary/aromatic N) is 3. The van der Waals surface area contributed by atoms with Crippen molar-refractivity contribution in [3.05, 3.63) is 106 Å². The number of hydrogen-bond donors (Lipinski definition) is 1. The Morgan fingerprint density at radius 1 is 1.06 bits per heavy atom. The molecule has 11 heteroatoms. The van der Waals surface area contributed by atoms with Gasteiger partial charge in [0.25, 0.3) is 5.91 Å². The number of benzene rings is 3. The lowest BCUT2D eigenvalue weighted by Gasteiger charge is -2.27. The van der Waals surface area contributed by atoms with Crippen LogP contribution in [0.4, 0.5) is 15.9 Å². The second kappa shape index (κ2) is 11.5. The quantitative estimate of drug-likeness (QED) is 0.313. The summed E-state index contributed by atoms with van der Waals surface area (Å²) in [5.74, 6) is -0.714. The molecule has 1 atom stereocenters. The Kier molecular flexibility index (Phi) is 8.19. The van der Waals surface area contributed by atoms with E-state index in [-0.39, 0.29) is 34.5 Å². The molecule has 180 valence electrons. The summed E-state index contributed by atoms with van der Waals surface area (Å²) in [4.78, 5) is 13.0. The van der Waals surface area contributed by atoms with Gasteiger partial charge in [-0.1, -0.05) is 54.1 Å². The van der Waals surface area contributed by atoms with Crippen molar-refractivity contribution >= 4 is 52.0 Å². The van der Waals surface area contributed by atoms with Crippen LogP contribution < -0.4 is 9.62 Å². The van der Waals surface area contributed by atoms with Crippen molar-refractivity contribution in [1.82, 2.24) is 14.1 Å². The van der Waals surface area contributed by atoms with Crippen LogP contribution in [0.3, 0.4) is 0 Å². The van der Waals surface area contributed by atoms with Gasteiger partial charge in [-0.25, -0.2) is 4.39 Å². The second-order valence-electron chi connectivity index (χ2n) is 7.50. The van der Waals surface area contributed by atoms with E-state index in [0.717, 1.165) is 27.2 Å². The van der Waals surface area contributed by atoms with Crippen LogP contribution in [0.2, 0.25) is 5.02 Å². The number of anilines is 2. The molecule has 1 heterocycles. The maximum absolute atomic E-state index is 13.1. The molecule has 0 saturated carbocycles. The lowest BCUT2D eigenvalue weighted by atomic mass is 10.1. The van der Waals surface area contributed by atoms with Crippen LogP contribution in [0.25, 0.3) is 0 Å². The normalized spacial score (nSPS) is 11.7. The maximum atomic E-state index is 13.1. The first kappa shape index (κ1) is 24.9. The molecule has 0 saturated heterocycles. The molecule has 1 N–H and O–H groups in total. The summed E-state index contributed by atoms with van der Waals surface area (Å²) < 4.78 is 47.3. The Morgan fingerprint density at radius 2 is 1.80 bits per heavy atom. The summed E-state index contributed by atoms with van der Waals surface area (Å²) in [6, 6.07) is 19.8. The summed E-state index contributed by atoms with van der Waals surface area (Å²) in [6.07, 6.45) is 0.837. The van der Waals surface area contributed by atoms with E-state index in [9.17, 15) is 17.9 Å². The van der Waals surface area contributed by atoms with E-state index in [1.54, 1.807) is 12.1 Å². The van der Waals surface area contributed by atoms with Gasteiger partial charge in [-0.05, 0) is 47.9 Å². The van der Waals surface area contributed by atoms with Crippen molar-refractivity contribution in [2.24, 2.45) is 0 Å². The standard InChI is InChI=1S/C24H20ClFN4O3S2/c25-18-8-11-20(24(31)27-13-12-16-6-9-19(26)10-7-16)22(15-18)30(35(32)33)23-21(28-34-29-23)14-17-4-2-1-3-5-17/h1-11,15H,12-14H2,(H,27,31)(H,32,33)/p-1. The molecular weight excluding hydrogens is 511 g/mol. The number of aromatic nitrogens is 2. The average molecular weight is 530 g/mol. The van der Waals surface area contributed by atoms with E-state index < -0.39 is 17.2 Å². The molecule has 4 rings (SSSR count). The molecule has 0 fully saturated rings. The SMILES string of the molecule is O=C(NCCc1ccc(F)cc1)c1ccc(Cl)cc1N(c1nsnc1Cc1ccccc1)S(=O)[O-]. The minimum atomic E-state index is -2.81. The van der Waals surface area contributed by atoms with Crippen molar-refractivity contribution in [2.45, 2.75) is 12.8 Å². The third-order valence-corrected chi connectivity index (χ3v) is 6.59. The zero-order valence-corrected chi connectivity index (χ0v) is 20.6. The molecule has 0 aliphatic carbocycles. The Hall–Kier alpha value is -3.18. The number of amides is 1. The predicted molar refractivity (Wildman–Crippen MR) is 134 cm³/mol. The summed E-state index contributed by atoms with van der Waals surface area (Å²) in [5, 5.41) is 3.03. The summed E-state index contributed by atoms with van der Waals surface area (Å²) in [6.45, 7) is 0.268. The number of carbonyl (C=O) groups is 1. The van der Waals surface area contributed by atoms with E-state index in [0.29, 0.717) is 18.5 Å². The third kappa shape index (κ3) is 6.29. The number of halogens is 2. The molecule has 1 unspecified atom stereocenters. The van der Waals surface area contributed by atoms with Crippen LogP contribution >= 0.6 is 23.3 Å². The van der Waals surface area contributed by atoms with Gasteiger partial charge in [0.1, 0.15) is 11.5 Å². The first-order chi connectivity index (χ1) is 16.9. The first-order valence-electron chi connectivity index (χ1n) is 10.5. The van der Waals surface area contributed by atoms with Crippen LogP contribution in [0, 0.1) is 5.82 Å². The van der Waals surface area contributed by atoms with Gasteiger partial charge in [0, 0.05) is 18.0 Å². The lowest BCUT2D eigenvalue weighted by molar-refractivity contribution is 0.0955. The third-order valence-electron chi connectivity index (χ3n) is 5.13. The zero-order valence-electron chi connectivity index (χ0n) is 18.2. The van der Waals surface area contributed by atoms with Gasteiger partial charge < -0.3 is 9.87 Å². The highest BCUT2D eigenvalue weighted by molar-refractivity contribution is 7.81. The molecule has 3 aromatic carbocycles. The Balaban J connectivity index is 1.60. The zero-order chi connectivity index (χ0) is 24.8. The highest BCUT2D eigenvalue weighted by atomic mass is 35.5. The van der Waals surface area contributed by atoms with Crippen LogP contribution in [-0.4, -0.2) is 30.0 Å². The van der Waals surface area contributed by atoms with Crippen molar-refractivity contribution < 1.29 is 17.9 Å². The fourth-order valence-electron chi connectivity index (χ4n) is 3.45. The molecule has 4 aromatic rings. The Bertz CT molecular complexity index is 1340. The van der Waals surface area contributed by atoms with Crippen molar-refractivity contribution in [1.29, 1.82) is 0 Å². The highest BCUT2D eigenvalue weighted by Gasteiger charge is 2.24. The van der Waals surface area contributed by atoms with Gasteiger partial charge in [-0.3, -0.25) is 13.3 Å². The molecule has 0 bridgehead atoms. The first-order valence-corrected chi connectivity index (χ1v) is 12.6. The Morgan fingerprint density at radius 3 is 2.51 bits per heavy atom. The summed E-state index contributed by atoms with van der Waals surface area (Å²) in [5.41, 5.74) is 2.41. The molecule has 0 radical (unpaired) electrons. The van der Waals surface area contributed by atoms with Gasteiger partial charge in [0.15, 0.2) is 5.82 Å². The summed E-state index contributed by atoms with van der Waals surface area (Å²) in [7, 11) is 0. The maximum Gasteiger partial charge on any atom is 0.253 e. The van der Waals surface area contributed by atoms with Gasteiger partial charge in [-0.2, -0.15) is 8.75 Å². The minimum absolute atomic E-state index is 0.0622. The molecule has 7 nitrogen and oxygen atoms in total. The molecule has 0 aliphatic rings. The largest absolute Gasteiger partial charge is 0.755 e. The van der Waals surface area contributed by atoms with Crippen LogP contribution in [0.1, 0.15) is 27.2 Å². The van der Waals surface area contributed by atoms with Crippen molar-refractivity contribution in [2.75, 3.05) is 10.8 Å². The van der Waals surface area contributed by atoms with E-state index in [1.165, 1.54) is 30.3 Å². The number of hydrogen-bond acceptors (Lipinski definition) is 6. The van der Waals surface area contributed by atoms with E-state index >= 15 is 0 Å². The van der Waals surface area contributed by atoms with Gasteiger partial charge >= 0.3 is 0 Å². The summed E-state index contributed by atoms with van der Waals surface area (Å²) >= 11 is 4.25. The van der Waals surface area contributed by atoms with Crippen LogP contribution in [0.15, 0.2) is 72.8 Å². The van der Waals surface area contributed by atoms with Gasteiger partial charge in [0.05, 0.1) is 34.2 Å². The number of carbonyl (C=O) groups excluding carboxylic acids is 1.